The Morgan fingerprint density at radius 2 is 1.58 bits per heavy atom. The van der Waals surface area contributed by atoms with E-state index < -0.39 is 0 Å². The third kappa shape index (κ3) is 2.82. The van der Waals surface area contributed by atoms with Gasteiger partial charge in [-0.15, -0.1) is 0 Å². The molecule has 1 heterocycles. The van der Waals surface area contributed by atoms with Gasteiger partial charge in [0, 0.05) is 34.8 Å². The summed E-state index contributed by atoms with van der Waals surface area (Å²) in [7, 11) is 0. The van der Waals surface area contributed by atoms with Crippen molar-refractivity contribution in [2.24, 2.45) is 5.92 Å². The van der Waals surface area contributed by atoms with E-state index >= 15 is 0 Å². The molecule has 130 valence electrons. The lowest BCUT2D eigenvalue weighted by Crippen LogP contribution is -2.06. The maximum absolute atomic E-state index is 13.4. The highest BCUT2D eigenvalue weighted by Crippen LogP contribution is 2.28. The molecular weight excluding hydrogens is 318 g/mol. The number of nitrogens with zero attached hydrogens (tertiary/aromatic N) is 1. The second-order valence-electron chi connectivity index (χ2n) is 7.08. The molecule has 0 spiro atoms. The Morgan fingerprint density at radius 1 is 0.885 bits per heavy atom. The van der Waals surface area contributed by atoms with E-state index in [-0.39, 0.29) is 5.78 Å². The largest absolute Gasteiger partial charge is 0.346 e. The molecule has 1 aromatic heterocycles. The zero-order valence-electron chi connectivity index (χ0n) is 15.3. The Kier molecular flexibility index (Phi) is 4.34. The molecule has 0 aliphatic heterocycles. The molecule has 4 rings (SSSR count). The summed E-state index contributed by atoms with van der Waals surface area (Å²) in [6.07, 6.45) is 3.17. The second kappa shape index (κ2) is 6.80. The zero-order valence-corrected chi connectivity index (χ0v) is 15.3. The van der Waals surface area contributed by atoms with Gasteiger partial charge in [0.05, 0.1) is 0 Å². The van der Waals surface area contributed by atoms with Gasteiger partial charge in [0.15, 0.2) is 5.78 Å². The molecule has 1 atom stereocenters. The maximum atomic E-state index is 13.4. The summed E-state index contributed by atoms with van der Waals surface area (Å²) in [5.74, 6) is 0.673. The predicted octanol–water partition coefficient (Wildman–Crippen LogP) is 6.07. The van der Waals surface area contributed by atoms with Crippen molar-refractivity contribution < 1.29 is 4.79 Å². The van der Waals surface area contributed by atoms with Crippen molar-refractivity contribution in [2.45, 2.75) is 26.8 Å². The molecule has 3 aromatic carbocycles. The molecule has 0 aliphatic rings. The second-order valence-corrected chi connectivity index (χ2v) is 7.08. The first-order valence-electron chi connectivity index (χ1n) is 9.29. The quantitative estimate of drug-likeness (QED) is 0.404. The molecule has 0 fully saturated rings. The number of carbonyl (C=O) groups is 1. The van der Waals surface area contributed by atoms with Crippen molar-refractivity contribution in [3.8, 4) is 0 Å². The maximum Gasteiger partial charge on any atom is 0.195 e. The van der Waals surface area contributed by atoms with Crippen molar-refractivity contribution >= 4 is 27.5 Å². The van der Waals surface area contributed by atoms with Crippen molar-refractivity contribution in [2.75, 3.05) is 0 Å². The molecule has 0 radical (unpaired) electrons. The van der Waals surface area contributed by atoms with E-state index in [2.05, 4.69) is 42.7 Å². The molecule has 0 amide bonds. The van der Waals surface area contributed by atoms with Gasteiger partial charge in [0.1, 0.15) is 0 Å². The first-order chi connectivity index (χ1) is 12.7. The van der Waals surface area contributed by atoms with Crippen LogP contribution in [0.3, 0.4) is 0 Å². The van der Waals surface area contributed by atoms with Crippen LogP contribution in [0.5, 0.6) is 0 Å². The first kappa shape index (κ1) is 16.6. The summed E-state index contributed by atoms with van der Waals surface area (Å²) in [6, 6.07) is 22.3. The Balaban J connectivity index is 1.87. The predicted molar refractivity (Wildman–Crippen MR) is 109 cm³/mol. The first-order valence-corrected chi connectivity index (χ1v) is 9.29. The topological polar surface area (TPSA) is 22.0 Å². The lowest BCUT2D eigenvalue weighted by molar-refractivity contribution is 0.104. The molecule has 2 nitrogen and oxygen atoms in total. The fourth-order valence-electron chi connectivity index (χ4n) is 3.61. The van der Waals surface area contributed by atoms with Crippen LogP contribution >= 0.6 is 0 Å². The van der Waals surface area contributed by atoms with Crippen molar-refractivity contribution in [3.63, 3.8) is 0 Å². The number of para-hydroxylation sites is 1. The molecule has 0 N–H and O–H groups in total. The van der Waals surface area contributed by atoms with Crippen LogP contribution in [0.1, 0.15) is 36.2 Å². The molecule has 0 bridgehead atoms. The van der Waals surface area contributed by atoms with Gasteiger partial charge >= 0.3 is 0 Å². The fraction of sp³-hybridized carbons (Fsp3) is 0.208. The molecule has 0 unspecified atom stereocenters. The molecule has 2 heteroatoms. The minimum absolute atomic E-state index is 0.0981. The van der Waals surface area contributed by atoms with Gasteiger partial charge in [-0.25, -0.2) is 0 Å². The van der Waals surface area contributed by atoms with E-state index in [0.717, 1.165) is 45.8 Å². The number of benzene rings is 3. The molecule has 0 saturated heterocycles. The highest BCUT2D eigenvalue weighted by Gasteiger charge is 2.18. The molecular formula is C24H23NO. The van der Waals surface area contributed by atoms with Crippen LogP contribution in [0.2, 0.25) is 0 Å². The number of rotatable bonds is 5. The van der Waals surface area contributed by atoms with E-state index in [9.17, 15) is 4.79 Å². The van der Waals surface area contributed by atoms with Gasteiger partial charge < -0.3 is 4.57 Å². The minimum atomic E-state index is 0.0981. The van der Waals surface area contributed by atoms with Gasteiger partial charge in [-0.05, 0) is 22.8 Å². The molecule has 4 aromatic rings. The summed E-state index contributed by atoms with van der Waals surface area (Å²) in [4.78, 5) is 13.4. The smallest absolute Gasteiger partial charge is 0.195 e. The van der Waals surface area contributed by atoms with Crippen LogP contribution in [0.25, 0.3) is 21.7 Å². The summed E-state index contributed by atoms with van der Waals surface area (Å²) < 4.78 is 2.24. The van der Waals surface area contributed by atoms with Crippen molar-refractivity contribution in [3.05, 3.63) is 84.1 Å². The Morgan fingerprint density at radius 3 is 2.38 bits per heavy atom. The van der Waals surface area contributed by atoms with Crippen LogP contribution in [-0.2, 0) is 6.54 Å². The number of aromatic nitrogens is 1. The summed E-state index contributed by atoms with van der Waals surface area (Å²) in [6.45, 7) is 5.39. The number of ketones is 1. The Labute approximate surface area is 154 Å². The van der Waals surface area contributed by atoms with Gasteiger partial charge in [-0.3, -0.25) is 4.79 Å². The normalized spacial score (nSPS) is 12.5. The molecule has 26 heavy (non-hydrogen) atoms. The Hall–Kier alpha value is -2.87. The van der Waals surface area contributed by atoms with E-state index in [0.29, 0.717) is 5.92 Å². The van der Waals surface area contributed by atoms with Crippen LogP contribution in [0.15, 0.2) is 72.9 Å². The van der Waals surface area contributed by atoms with E-state index in [1.165, 1.54) is 0 Å². The van der Waals surface area contributed by atoms with Gasteiger partial charge in [0.2, 0.25) is 0 Å². The summed E-state index contributed by atoms with van der Waals surface area (Å²) >= 11 is 0. The number of fused-ring (bicyclic) bond motifs is 2. The third-order valence-corrected chi connectivity index (χ3v) is 5.27. The van der Waals surface area contributed by atoms with Crippen LogP contribution in [-0.4, -0.2) is 10.4 Å². The van der Waals surface area contributed by atoms with Gasteiger partial charge in [0.25, 0.3) is 0 Å². The standard InChI is InChI=1S/C24H23NO/c1-3-17(2)15-25-16-22(20-12-6-7-14-23(20)25)24(26)21-13-8-10-18-9-4-5-11-19(18)21/h4-14,16-17H,3,15H2,1-2H3/t17-/m0/s1. The molecule has 0 aliphatic carbocycles. The van der Waals surface area contributed by atoms with Crippen LogP contribution in [0, 0.1) is 5.92 Å². The fourth-order valence-corrected chi connectivity index (χ4v) is 3.61. The van der Waals surface area contributed by atoms with E-state index in [4.69, 9.17) is 0 Å². The lowest BCUT2D eigenvalue weighted by atomic mass is 9.97. The van der Waals surface area contributed by atoms with Crippen molar-refractivity contribution in [1.29, 1.82) is 0 Å². The average Bonchev–Trinajstić information content (AvgIpc) is 3.05. The summed E-state index contributed by atoms with van der Waals surface area (Å²) in [5.41, 5.74) is 2.70. The van der Waals surface area contributed by atoms with Crippen molar-refractivity contribution in [1.82, 2.24) is 4.57 Å². The highest BCUT2D eigenvalue weighted by molar-refractivity contribution is 6.21. The van der Waals surface area contributed by atoms with Crippen LogP contribution < -0.4 is 0 Å². The minimum Gasteiger partial charge on any atom is -0.346 e. The van der Waals surface area contributed by atoms with Crippen LogP contribution in [0.4, 0.5) is 0 Å². The zero-order chi connectivity index (χ0) is 18.1. The average molecular weight is 341 g/mol. The van der Waals surface area contributed by atoms with Gasteiger partial charge in [-0.1, -0.05) is 80.9 Å². The number of hydrogen-bond donors (Lipinski definition) is 0. The SMILES string of the molecule is CC[C@H](C)Cn1cc(C(=O)c2cccc3ccccc23)c2ccccc21. The van der Waals surface area contributed by atoms with Gasteiger partial charge in [-0.2, -0.15) is 0 Å². The van der Waals surface area contributed by atoms with E-state index in [1.54, 1.807) is 0 Å². The third-order valence-electron chi connectivity index (χ3n) is 5.27. The Bertz CT molecular complexity index is 1080. The van der Waals surface area contributed by atoms with E-state index in [1.807, 2.05) is 48.7 Å². The number of hydrogen-bond acceptors (Lipinski definition) is 1. The summed E-state index contributed by atoms with van der Waals surface area (Å²) in [5, 5.41) is 3.15. The number of carbonyl (C=O) groups excluding carboxylic acids is 1. The molecule has 0 saturated carbocycles. The lowest BCUT2D eigenvalue weighted by Gasteiger charge is -2.10. The highest BCUT2D eigenvalue weighted by atomic mass is 16.1. The monoisotopic (exact) mass is 341 g/mol.